The third-order valence-electron chi connectivity index (χ3n) is 3.56. The second kappa shape index (κ2) is 8.33. The molecule has 138 valence electrons. The molecule has 1 amide bonds. The monoisotopic (exact) mass is 386 g/mol. The Kier molecular flexibility index (Phi) is 5.68. The van der Waals surface area contributed by atoms with E-state index in [0.717, 1.165) is 5.76 Å². The van der Waals surface area contributed by atoms with Gasteiger partial charge in [-0.3, -0.25) is 4.79 Å². The van der Waals surface area contributed by atoms with E-state index in [-0.39, 0.29) is 22.0 Å². The number of methoxy groups -OCH3 is 1. The first-order chi connectivity index (χ1) is 13.1. The highest BCUT2D eigenvalue weighted by Crippen LogP contribution is 2.24. The zero-order valence-corrected chi connectivity index (χ0v) is 15.0. The van der Waals surface area contributed by atoms with Crippen LogP contribution in [-0.4, -0.2) is 29.0 Å². The number of anilines is 2. The van der Waals surface area contributed by atoms with Crippen molar-refractivity contribution in [2.75, 3.05) is 17.7 Å². The lowest BCUT2D eigenvalue weighted by molar-refractivity contribution is 0.0600. The van der Waals surface area contributed by atoms with Crippen LogP contribution in [0, 0.1) is 0 Å². The van der Waals surface area contributed by atoms with Crippen LogP contribution in [0.1, 0.15) is 26.6 Å². The lowest BCUT2D eigenvalue weighted by atomic mass is 10.2. The molecule has 0 aliphatic rings. The number of rotatable bonds is 6. The van der Waals surface area contributed by atoms with Gasteiger partial charge >= 0.3 is 5.97 Å². The van der Waals surface area contributed by atoms with E-state index in [1.165, 1.54) is 37.7 Å². The Bertz CT molecular complexity index is 960. The van der Waals surface area contributed by atoms with Crippen LogP contribution in [0.2, 0.25) is 5.02 Å². The molecule has 0 saturated carbocycles. The molecule has 0 atom stereocenters. The highest BCUT2D eigenvalue weighted by Gasteiger charge is 2.14. The Labute approximate surface area is 159 Å². The van der Waals surface area contributed by atoms with E-state index in [4.69, 9.17) is 16.0 Å². The Morgan fingerprint density at radius 3 is 2.81 bits per heavy atom. The summed E-state index contributed by atoms with van der Waals surface area (Å²) in [4.78, 5) is 32.1. The van der Waals surface area contributed by atoms with E-state index < -0.39 is 11.9 Å². The molecule has 3 aromatic rings. The first-order valence-corrected chi connectivity index (χ1v) is 8.22. The third-order valence-corrected chi connectivity index (χ3v) is 3.89. The van der Waals surface area contributed by atoms with Crippen molar-refractivity contribution >= 4 is 35.0 Å². The number of amides is 1. The van der Waals surface area contributed by atoms with Crippen molar-refractivity contribution < 1.29 is 18.7 Å². The van der Waals surface area contributed by atoms with Gasteiger partial charge in [0.2, 0.25) is 0 Å². The second-order valence-electron chi connectivity index (χ2n) is 5.36. The molecule has 0 unspecified atom stereocenters. The molecule has 2 N–H and O–H groups in total. The van der Waals surface area contributed by atoms with Gasteiger partial charge in [0, 0.05) is 6.07 Å². The van der Waals surface area contributed by atoms with Crippen molar-refractivity contribution in [1.29, 1.82) is 0 Å². The zero-order valence-electron chi connectivity index (χ0n) is 14.2. The Hall–Kier alpha value is -3.39. The standard InChI is InChI=1S/C18H15ClN4O4/c1-26-18(25)11-4-5-13(19)14(7-11)23-17(24)15-8-16(22-10-21-15)20-9-12-3-2-6-27-12/h2-8,10H,9H2,1H3,(H,23,24)(H,20,21,22). The van der Waals surface area contributed by atoms with Crippen LogP contribution in [0.4, 0.5) is 11.5 Å². The number of ether oxygens (including phenoxy) is 1. The van der Waals surface area contributed by atoms with Crippen LogP contribution < -0.4 is 10.6 Å². The van der Waals surface area contributed by atoms with Crippen LogP contribution >= 0.6 is 11.6 Å². The third kappa shape index (κ3) is 4.62. The van der Waals surface area contributed by atoms with Gasteiger partial charge < -0.3 is 19.8 Å². The number of benzene rings is 1. The smallest absolute Gasteiger partial charge is 0.337 e. The first-order valence-electron chi connectivity index (χ1n) is 7.84. The molecule has 1 aromatic carbocycles. The molecule has 0 bridgehead atoms. The van der Waals surface area contributed by atoms with Crippen LogP contribution in [0.15, 0.2) is 53.4 Å². The van der Waals surface area contributed by atoms with Crippen molar-refractivity contribution in [3.63, 3.8) is 0 Å². The van der Waals surface area contributed by atoms with Gasteiger partial charge in [-0.25, -0.2) is 14.8 Å². The molecular weight excluding hydrogens is 372 g/mol. The van der Waals surface area contributed by atoms with E-state index in [1.807, 2.05) is 6.07 Å². The van der Waals surface area contributed by atoms with Gasteiger partial charge in [-0.2, -0.15) is 0 Å². The maximum absolute atomic E-state index is 12.5. The summed E-state index contributed by atoms with van der Waals surface area (Å²) in [6.07, 6.45) is 2.84. The maximum atomic E-state index is 12.5. The number of hydrogen-bond acceptors (Lipinski definition) is 7. The molecule has 27 heavy (non-hydrogen) atoms. The van der Waals surface area contributed by atoms with Crippen LogP contribution in [-0.2, 0) is 11.3 Å². The zero-order chi connectivity index (χ0) is 19.2. The summed E-state index contributed by atoms with van der Waals surface area (Å²) >= 11 is 6.09. The number of carbonyl (C=O) groups is 2. The van der Waals surface area contributed by atoms with E-state index in [0.29, 0.717) is 12.4 Å². The summed E-state index contributed by atoms with van der Waals surface area (Å²) in [6, 6.07) is 9.53. The summed E-state index contributed by atoms with van der Waals surface area (Å²) in [5.74, 6) is 0.156. The van der Waals surface area contributed by atoms with Crippen LogP contribution in [0.5, 0.6) is 0 Å². The lowest BCUT2D eigenvalue weighted by Gasteiger charge is -2.09. The minimum Gasteiger partial charge on any atom is -0.467 e. The van der Waals surface area contributed by atoms with E-state index in [2.05, 4.69) is 25.3 Å². The average Bonchev–Trinajstić information content (AvgIpc) is 3.21. The first kappa shape index (κ1) is 18.4. The second-order valence-corrected chi connectivity index (χ2v) is 5.77. The molecule has 3 rings (SSSR count). The molecule has 0 radical (unpaired) electrons. The van der Waals surface area contributed by atoms with Crippen molar-refractivity contribution in [3.05, 3.63) is 71.0 Å². The number of esters is 1. The fourth-order valence-corrected chi connectivity index (χ4v) is 2.39. The van der Waals surface area contributed by atoms with Gasteiger partial charge in [0.1, 0.15) is 23.6 Å². The summed E-state index contributed by atoms with van der Waals surface area (Å²) in [6.45, 7) is 0.415. The Morgan fingerprint density at radius 2 is 2.07 bits per heavy atom. The summed E-state index contributed by atoms with van der Waals surface area (Å²) in [5, 5.41) is 5.94. The number of hydrogen-bond donors (Lipinski definition) is 2. The average molecular weight is 387 g/mol. The van der Waals surface area contributed by atoms with Gasteiger partial charge in [0.25, 0.3) is 5.91 Å². The number of halogens is 1. The SMILES string of the molecule is COC(=O)c1ccc(Cl)c(NC(=O)c2cc(NCc3ccco3)ncn2)c1. The lowest BCUT2D eigenvalue weighted by Crippen LogP contribution is -2.15. The molecule has 2 aromatic heterocycles. The molecule has 0 fully saturated rings. The highest BCUT2D eigenvalue weighted by molar-refractivity contribution is 6.34. The number of nitrogens with one attached hydrogen (secondary N) is 2. The van der Waals surface area contributed by atoms with Crippen molar-refractivity contribution in [1.82, 2.24) is 9.97 Å². The normalized spacial score (nSPS) is 10.3. The van der Waals surface area contributed by atoms with Crippen molar-refractivity contribution in [2.45, 2.75) is 6.54 Å². The van der Waals surface area contributed by atoms with Gasteiger partial charge in [0.15, 0.2) is 0 Å². The molecule has 8 nitrogen and oxygen atoms in total. The topological polar surface area (TPSA) is 106 Å². The highest BCUT2D eigenvalue weighted by atomic mass is 35.5. The van der Waals surface area contributed by atoms with E-state index in [1.54, 1.807) is 12.3 Å². The molecule has 0 aliphatic carbocycles. The van der Waals surface area contributed by atoms with Gasteiger partial charge in [-0.1, -0.05) is 11.6 Å². The Balaban J connectivity index is 1.72. The van der Waals surface area contributed by atoms with Crippen LogP contribution in [0.25, 0.3) is 0 Å². The number of aromatic nitrogens is 2. The number of nitrogens with zero attached hydrogens (tertiary/aromatic N) is 2. The minimum absolute atomic E-state index is 0.131. The maximum Gasteiger partial charge on any atom is 0.337 e. The van der Waals surface area contributed by atoms with E-state index >= 15 is 0 Å². The fourth-order valence-electron chi connectivity index (χ4n) is 2.22. The fraction of sp³-hybridized carbons (Fsp3) is 0.111. The molecular formula is C18H15ClN4O4. The summed E-state index contributed by atoms with van der Waals surface area (Å²) in [5.41, 5.74) is 0.667. The Morgan fingerprint density at radius 1 is 1.22 bits per heavy atom. The number of carbonyl (C=O) groups excluding carboxylic acids is 2. The minimum atomic E-state index is -0.534. The van der Waals surface area contributed by atoms with E-state index in [9.17, 15) is 9.59 Å². The van der Waals surface area contributed by atoms with Crippen molar-refractivity contribution in [2.24, 2.45) is 0 Å². The van der Waals surface area contributed by atoms with Gasteiger partial charge in [-0.05, 0) is 30.3 Å². The number of furan rings is 1. The summed E-state index contributed by atoms with van der Waals surface area (Å²) < 4.78 is 9.89. The van der Waals surface area contributed by atoms with Gasteiger partial charge in [-0.15, -0.1) is 0 Å². The largest absolute Gasteiger partial charge is 0.467 e. The molecule has 9 heteroatoms. The molecule has 0 aliphatic heterocycles. The van der Waals surface area contributed by atoms with Gasteiger partial charge in [0.05, 0.1) is 36.2 Å². The quantitative estimate of drug-likeness (QED) is 0.625. The summed E-state index contributed by atoms with van der Waals surface area (Å²) in [7, 11) is 1.27. The predicted octanol–water partition coefficient (Wildman–Crippen LogP) is 3.37. The molecule has 0 saturated heterocycles. The van der Waals surface area contributed by atoms with Crippen LogP contribution in [0.3, 0.4) is 0 Å². The molecule has 2 heterocycles. The van der Waals surface area contributed by atoms with Crippen molar-refractivity contribution in [3.8, 4) is 0 Å². The molecule has 0 spiro atoms. The predicted molar refractivity (Wildman–Crippen MR) is 98.8 cm³/mol.